The van der Waals surface area contributed by atoms with Crippen LogP contribution in [0.2, 0.25) is 0 Å². The molecular formula is C34H21NO. The molecule has 0 fully saturated rings. The summed E-state index contributed by atoms with van der Waals surface area (Å²) in [5.74, 6) is 1.75. The Bertz CT molecular complexity index is 1670. The standard InChI is InChI=1S/C34H21NO/c35-22-23-13-15-24(16-14-23)27-20-19-26-18-17-25-7-1-2-8-28(25)34(31(26)21-27)29-9-3-5-11-32(29)36-33-12-6-4-10-30(33)34/h1-21H. The summed E-state index contributed by atoms with van der Waals surface area (Å²) in [5, 5.41) is 9.26. The predicted octanol–water partition coefficient (Wildman–Crippen LogP) is 8.20. The van der Waals surface area contributed by atoms with Crippen LogP contribution in [0.1, 0.15) is 38.9 Å². The van der Waals surface area contributed by atoms with Crippen molar-refractivity contribution < 1.29 is 4.74 Å². The highest BCUT2D eigenvalue weighted by molar-refractivity contribution is 5.85. The number of fused-ring (bicyclic) bond motifs is 8. The van der Waals surface area contributed by atoms with Crippen LogP contribution in [0, 0.1) is 11.3 Å². The van der Waals surface area contributed by atoms with E-state index in [4.69, 9.17) is 4.74 Å². The Hall–Kier alpha value is -4.87. The molecule has 168 valence electrons. The molecule has 36 heavy (non-hydrogen) atoms. The average Bonchev–Trinajstić information content (AvgIpc) is 3.09. The molecule has 1 aliphatic heterocycles. The van der Waals surface area contributed by atoms with Crippen LogP contribution in [0.3, 0.4) is 0 Å². The van der Waals surface area contributed by atoms with Gasteiger partial charge in [0, 0.05) is 11.1 Å². The van der Waals surface area contributed by atoms with Crippen molar-refractivity contribution in [2.24, 2.45) is 0 Å². The third-order valence-electron chi connectivity index (χ3n) is 7.41. The zero-order valence-electron chi connectivity index (χ0n) is 19.5. The van der Waals surface area contributed by atoms with Gasteiger partial charge in [-0.05, 0) is 63.7 Å². The van der Waals surface area contributed by atoms with Gasteiger partial charge in [-0.25, -0.2) is 0 Å². The van der Waals surface area contributed by atoms with Gasteiger partial charge in [0.15, 0.2) is 0 Å². The van der Waals surface area contributed by atoms with Crippen molar-refractivity contribution in [2.45, 2.75) is 5.41 Å². The Kier molecular flexibility index (Phi) is 4.46. The number of benzene rings is 5. The molecule has 0 N–H and O–H groups in total. The summed E-state index contributed by atoms with van der Waals surface area (Å²) in [4.78, 5) is 0. The van der Waals surface area contributed by atoms with E-state index in [0.717, 1.165) is 33.8 Å². The number of hydrogen-bond donors (Lipinski definition) is 0. The first-order valence-corrected chi connectivity index (χ1v) is 12.1. The molecule has 1 heterocycles. The second kappa shape index (κ2) is 7.83. The van der Waals surface area contributed by atoms with E-state index in [9.17, 15) is 5.26 Å². The van der Waals surface area contributed by atoms with Crippen LogP contribution in [0.15, 0.2) is 115 Å². The second-order valence-corrected chi connectivity index (χ2v) is 9.26. The highest BCUT2D eigenvalue weighted by atomic mass is 16.5. The normalized spacial score (nSPS) is 13.9. The maximum atomic E-state index is 9.26. The molecule has 5 aromatic carbocycles. The van der Waals surface area contributed by atoms with Crippen LogP contribution in [0.25, 0.3) is 23.3 Å². The van der Waals surface area contributed by atoms with Gasteiger partial charge in [0.05, 0.1) is 17.0 Å². The first-order chi connectivity index (χ1) is 17.8. The van der Waals surface area contributed by atoms with Gasteiger partial charge in [-0.3, -0.25) is 0 Å². The lowest BCUT2D eigenvalue weighted by Crippen LogP contribution is -2.35. The number of hydrogen-bond acceptors (Lipinski definition) is 2. The van der Waals surface area contributed by atoms with Crippen LogP contribution in [-0.2, 0) is 5.41 Å². The summed E-state index contributed by atoms with van der Waals surface area (Å²) in [6.45, 7) is 0. The molecule has 1 aliphatic carbocycles. The van der Waals surface area contributed by atoms with Gasteiger partial charge >= 0.3 is 0 Å². The van der Waals surface area contributed by atoms with Crippen molar-refractivity contribution in [3.63, 3.8) is 0 Å². The summed E-state index contributed by atoms with van der Waals surface area (Å²) in [6, 6.07) is 42.2. The monoisotopic (exact) mass is 459 g/mol. The largest absolute Gasteiger partial charge is 0.457 e. The van der Waals surface area contributed by atoms with Crippen LogP contribution in [-0.4, -0.2) is 0 Å². The molecule has 0 atom stereocenters. The molecule has 0 aromatic heterocycles. The van der Waals surface area contributed by atoms with E-state index in [1.54, 1.807) is 0 Å². The van der Waals surface area contributed by atoms with Crippen molar-refractivity contribution in [2.75, 3.05) is 0 Å². The molecule has 0 saturated carbocycles. The van der Waals surface area contributed by atoms with E-state index in [-0.39, 0.29) is 0 Å². The first kappa shape index (κ1) is 20.5. The molecule has 0 amide bonds. The highest BCUT2D eigenvalue weighted by Crippen LogP contribution is 2.57. The van der Waals surface area contributed by atoms with E-state index in [2.05, 4.69) is 97.1 Å². The second-order valence-electron chi connectivity index (χ2n) is 9.26. The molecule has 0 unspecified atom stereocenters. The lowest BCUT2D eigenvalue weighted by molar-refractivity contribution is 0.434. The third-order valence-corrected chi connectivity index (χ3v) is 7.41. The third kappa shape index (κ3) is 2.84. The van der Waals surface area contributed by atoms with Gasteiger partial charge in [-0.1, -0.05) is 97.1 Å². The van der Waals surface area contributed by atoms with Crippen molar-refractivity contribution in [1.29, 1.82) is 5.26 Å². The Morgan fingerprint density at radius 3 is 1.75 bits per heavy atom. The van der Waals surface area contributed by atoms with Crippen molar-refractivity contribution in [1.82, 2.24) is 0 Å². The molecule has 7 rings (SSSR count). The zero-order valence-corrected chi connectivity index (χ0v) is 19.5. The van der Waals surface area contributed by atoms with Gasteiger partial charge in [0.2, 0.25) is 0 Å². The van der Waals surface area contributed by atoms with E-state index in [1.807, 2.05) is 36.4 Å². The summed E-state index contributed by atoms with van der Waals surface area (Å²) in [5.41, 5.74) is 9.41. The van der Waals surface area contributed by atoms with Gasteiger partial charge in [-0.15, -0.1) is 0 Å². The Balaban J connectivity index is 1.62. The maximum absolute atomic E-state index is 9.26. The molecular weight excluding hydrogens is 438 g/mol. The highest BCUT2D eigenvalue weighted by Gasteiger charge is 2.47. The average molecular weight is 460 g/mol. The quantitative estimate of drug-likeness (QED) is 0.248. The Morgan fingerprint density at radius 1 is 0.528 bits per heavy atom. The lowest BCUT2D eigenvalue weighted by atomic mass is 9.62. The molecule has 1 spiro atoms. The van der Waals surface area contributed by atoms with Gasteiger partial charge in [0.1, 0.15) is 11.5 Å². The number of para-hydroxylation sites is 2. The number of ether oxygens (including phenoxy) is 1. The zero-order chi connectivity index (χ0) is 24.1. The van der Waals surface area contributed by atoms with Crippen molar-refractivity contribution in [3.05, 3.63) is 154 Å². The van der Waals surface area contributed by atoms with Crippen LogP contribution in [0.4, 0.5) is 0 Å². The molecule has 2 heteroatoms. The fourth-order valence-electron chi connectivity index (χ4n) is 5.83. The minimum absolute atomic E-state index is 0.552. The predicted molar refractivity (Wildman–Crippen MR) is 144 cm³/mol. The minimum atomic E-state index is -0.552. The fraction of sp³-hybridized carbons (Fsp3) is 0.0294. The SMILES string of the molecule is N#Cc1ccc(-c2ccc3c(c2)C2(c4ccccc4C=C3)c3ccccc3Oc3ccccc32)cc1. The molecule has 0 saturated heterocycles. The van der Waals surface area contributed by atoms with Crippen molar-refractivity contribution in [3.8, 4) is 28.7 Å². The van der Waals surface area contributed by atoms with Gasteiger partial charge < -0.3 is 4.74 Å². The Morgan fingerprint density at radius 2 is 1.08 bits per heavy atom. The van der Waals surface area contributed by atoms with E-state index >= 15 is 0 Å². The van der Waals surface area contributed by atoms with Crippen LogP contribution >= 0.6 is 0 Å². The summed E-state index contributed by atoms with van der Waals surface area (Å²) >= 11 is 0. The van der Waals surface area contributed by atoms with Crippen molar-refractivity contribution >= 4 is 12.2 Å². The number of rotatable bonds is 1. The molecule has 5 aromatic rings. The van der Waals surface area contributed by atoms with Gasteiger partial charge in [-0.2, -0.15) is 5.26 Å². The minimum Gasteiger partial charge on any atom is -0.457 e. The smallest absolute Gasteiger partial charge is 0.132 e. The number of nitriles is 1. The van der Waals surface area contributed by atoms with Crippen LogP contribution in [0.5, 0.6) is 11.5 Å². The van der Waals surface area contributed by atoms with E-state index in [1.165, 1.54) is 22.3 Å². The molecule has 2 aliphatic rings. The first-order valence-electron chi connectivity index (χ1n) is 12.1. The maximum Gasteiger partial charge on any atom is 0.132 e. The van der Waals surface area contributed by atoms with Gasteiger partial charge in [0.25, 0.3) is 0 Å². The van der Waals surface area contributed by atoms with E-state index < -0.39 is 5.41 Å². The fourth-order valence-corrected chi connectivity index (χ4v) is 5.83. The molecule has 2 nitrogen and oxygen atoms in total. The Labute approximate surface area is 210 Å². The summed E-state index contributed by atoms with van der Waals surface area (Å²) in [6.07, 6.45) is 4.46. The lowest BCUT2D eigenvalue weighted by Gasteiger charge is -2.42. The van der Waals surface area contributed by atoms with Crippen LogP contribution < -0.4 is 4.74 Å². The summed E-state index contributed by atoms with van der Waals surface area (Å²) < 4.78 is 6.47. The molecule has 0 bridgehead atoms. The topological polar surface area (TPSA) is 33.0 Å². The molecule has 0 radical (unpaired) electrons. The van der Waals surface area contributed by atoms with E-state index in [0.29, 0.717) is 5.56 Å². The summed E-state index contributed by atoms with van der Waals surface area (Å²) in [7, 11) is 0. The number of nitrogens with zero attached hydrogens (tertiary/aromatic N) is 1.